The Bertz CT molecular complexity index is 981. The van der Waals surface area contributed by atoms with Crippen molar-refractivity contribution in [1.82, 2.24) is 10.6 Å². The summed E-state index contributed by atoms with van der Waals surface area (Å²) in [4.78, 5) is 13.2. The Morgan fingerprint density at radius 2 is 1.86 bits per heavy atom. The van der Waals surface area contributed by atoms with Gasteiger partial charge in [-0.2, -0.15) is 0 Å². The van der Waals surface area contributed by atoms with Gasteiger partial charge >= 0.3 is 0 Å². The van der Waals surface area contributed by atoms with E-state index in [0.717, 1.165) is 22.4 Å². The molecular formula is C22H25N3O3S. The van der Waals surface area contributed by atoms with E-state index in [2.05, 4.69) is 22.0 Å². The van der Waals surface area contributed by atoms with Crippen molar-refractivity contribution in [3.05, 3.63) is 64.4 Å². The highest BCUT2D eigenvalue weighted by Crippen LogP contribution is 2.34. The van der Waals surface area contributed by atoms with Crippen molar-refractivity contribution in [2.24, 2.45) is 0 Å². The topological polar surface area (TPSA) is 82.6 Å². The zero-order valence-corrected chi connectivity index (χ0v) is 17.7. The number of nitrogens with one attached hydrogen (secondary N) is 3. The Kier molecular flexibility index (Phi) is 6.08. The number of hydrogen-bond donors (Lipinski definition) is 4. The van der Waals surface area contributed by atoms with E-state index in [9.17, 15) is 9.90 Å². The number of allylic oxidation sites excluding steroid dienone is 1. The van der Waals surface area contributed by atoms with E-state index >= 15 is 0 Å². The van der Waals surface area contributed by atoms with E-state index in [1.165, 1.54) is 0 Å². The number of hydrogen-bond acceptors (Lipinski definition) is 4. The smallest absolute Gasteiger partial charge is 0.255 e. The van der Waals surface area contributed by atoms with Gasteiger partial charge in [0.05, 0.1) is 18.2 Å². The molecule has 1 aliphatic rings. The molecule has 2 aromatic carbocycles. The second kappa shape index (κ2) is 8.53. The summed E-state index contributed by atoms with van der Waals surface area (Å²) in [5, 5.41) is 19.6. The summed E-state index contributed by atoms with van der Waals surface area (Å²) in [7, 11) is 0. The normalized spacial score (nSPS) is 16.1. The maximum absolute atomic E-state index is 13.2. The first-order valence-electron chi connectivity index (χ1n) is 9.42. The minimum Gasteiger partial charge on any atom is -0.504 e. The van der Waals surface area contributed by atoms with Crippen LogP contribution in [0.25, 0.3) is 0 Å². The van der Waals surface area contributed by atoms with Crippen LogP contribution in [0.3, 0.4) is 0 Å². The predicted molar refractivity (Wildman–Crippen MR) is 118 cm³/mol. The second-order valence-corrected chi connectivity index (χ2v) is 7.47. The van der Waals surface area contributed by atoms with Crippen LogP contribution in [-0.4, -0.2) is 22.7 Å². The molecule has 0 aromatic heterocycles. The molecule has 6 nitrogen and oxygen atoms in total. The first-order valence-corrected chi connectivity index (χ1v) is 9.83. The van der Waals surface area contributed by atoms with Crippen LogP contribution in [0.2, 0.25) is 0 Å². The number of thiocarbonyl (C=S) groups is 1. The van der Waals surface area contributed by atoms with Crippen molar-refractivity contribution in [1.29, 1.82) is 0 Å². The van der Waals surface area contributed by atoms with Gasteiger partial charge in [0.25, 0.3) is 5.91 Å². The fourth-order valence-corrected chi connectivity index (χ4v) is 3.74. The molecule has 152 valence electrons. The molecule has 29 heavy (non-hydrogen) atoms. The third-order valence-corrected chi connectivity index (χ3v) is 4.83. The SMILES string of the molecule is CCOc1cc([C@@H]2NC(=S)NC(C)=C2C(=O)Nc2cc(C)cc(C)c2)ccc1O. The van der Waals surface area contributed by atoms with Gasteiger partial charge in [-0.15, -0.1) is 0 Å². The highest BCUT2D eigenvalue weighted by Gasteiger charge is 2.30. The zero-order valence-electron chi connectivity index (χ0n) is 16.9. The molecule has 0 spiro atoms. The number of aromatic hydroxyl groups is 1. The van der Waals surface area contributed by atoms with E-state index < -0.39 is 6.04 Å². The fraction of sp³-hybridized carbons (Fsp3) is 0.273. The van der Waals surface area contributed by atoms with Crippen molar-refractivity contribution < 1.29 is 14.6 Å². The lowest BCUT2D eigenvalue weighted by atomic mass is 9.94. The van der Waals surface area contributed by atoms with Crippen molar-refractivity contribution in [2.75, 3.05) is 11.9 Å². The average Bonchev–Trinajstić information content (AvgIpc) is 2.62. The lowest BCUT2D eigenvalue weighted by Crippen LogP contribution is -2.45. The van der Waals surface area contributed by atoms with Crippen LogP contribution in [0.5, 0.6) is 11.5 Å². The molecule has 0 saturated carbocycles. The molecule has 0 bridgehead atoms. The lowest BCUT2D eigenvalue weighted by molar-refractivity contribution is -0.113. The number of aryl methyl sites for hydroxylation is 2. The number of phenols is 1. The van der Waals surface area contributed by atoms with Crippen molar-refractivity contribution >= 4 is 28.9 Å². The van der Waals surface area contributed by atoms with Gasteiger partial charge in [-0.1, -0.05) is 12.1 Å². The number of anilines is 1. The third kappa shape index (κ3) is 4.68. The van der Waals surface area contributed by atoms with E-state index in [1.807, 2.05) is 39.8 Å². The average molecular weight is 412 g/mol. The van der Waals surface area contributed by atoms with Gasteiger partial charge in [0.2, 0.25) is 0 Å². The van der Waals surface area contributed by atoms with Gasteiger partial charge in [0, 0.05) is 11.4 Å². The molecule has 0 radical (unpaired) electrons. The van der Waals surface area contributed by atoms with Gasteiger partial charge in [-0.05, 0) is 80.9 Å². The van der Waals surface area contributed by atoms with Gasteiger partial charge in [-0.25, -0.2) is 0 Å². The Hall–Kier alpha value is -3.06. The van der Waals surface area contributed by atoms with Crippen LogP contribution in [0.15, 0.2) is 47.7 Å². The van der Waals surface area contributed by atoms with Gasteiger partial charge in [0.15, 0.2) is 16.6 Å². The number of carbonyl (C=O) groups is 1. The molecule has 1 atom stereocenters. The van der Waals surface area contributed by atoms with Crippen LogP contribution in [0.1, 0.15) is 36.6 Å². The number of amides is 1. The number of benzene rings is 2. The molecule has 0 unspecified atom stereocenters. The Balaban J connectivity index is 1.97. The summed E-state index contributed by atoms with van der Waals surface area (Å²) in [6.07, 6.45) is 0. The minimum atomic E-state index is -0.477. The van der Waals surface area contributed by atoms with E-state index in [1.54, 1.807) is 18.2 Å². The Morgan fingerprint density at radius 3 is 2.52 bits per heavy atom. The summed E-state index contributed by atoms with van der Waals surface area (Å²) < 4.78 is 5.50. The summed E-state index contributed by atoms with van der Waals surface area (Å²) in [6, 6.07) is 10.5. The molecule has 0 aliphatic carbocycles. The molecule has 3 rings (SSSR count). The highest BCUT2D eigenvalue weighted by molar-refractivity contribution is 7.80. The predicted octanol–water partition coefficient (Wildman–Crippen LogP) is 3.84. The van der Waals surface area contributed by atoms with Gasteiger partial charge < -0.3 is 25.8 Å². The monoisotopic (exact) mass is 411 g/mol. The van der Waals surface area contributed by atoms with Crippen molar-refractivity contribution in [2.45, 2.75) is 33.7 Å². The summed E-state index contributed by atoms with van der Waals surface area (Å²) in [6.45, 7) is 8.06. The number of carbonyl (C=O) groups excluding carboxylic acids is 1. The molecular weight excluding hydrogens is 386 g/mol. The molecule has 1 amide bonds. The van der Waals surface area contributed by atoms with Crippen LogP contribution in [0.4, 0.5) is 5.69 Å². The fourth-order valence-electron chi connectivity index (χ4n) is 3.47. The maximum Gasteiger partial charge on any atom is 0.255 e. The van der Waals surface area contributed by atoms with Gasteiger partial charge in [0.1, 0.15) is 0 Å². The lowest BCUT2D eigenvalue weighted by Gasteiger charge is -2.30. The largest absolute Gasteiger partial charge is 0.504 e. The first kappa shape index (κ1) is 20.7. The highest BCUT2D eigenvalue weighted by atomic mass is 32.1. The molecule has 0 fully saturated rings. The molecule has 1 heterocycles. The number of ether oxygens (including phenoxy) is 1. The van der Waals surface area contributed by atoms with Crippen LogP contribution >= 0.6 is 12.2 Å². The van der Waals surface area contributed by atoms with E-state index in [4.69, 9.17) is 17.0 Å². The maximum atomic E-state index is 13.2. The standard InChI is InChI=1S/C22H25N3O3S/c1-5-28-18-11-15(6-7-17(18)26)20-19(14(4)23-22(29)25-20)21(27)24-16-9-12(2)8-13(3)10-16/h6-11,20,26H,5H2,1-4H3,(H,24,27)(H2,23,25,29)/t20-/m0/s1. The third-order valence-electron chi connectivity index (χ3n) is 4.61. The van der Waals surface area contributed by atoms with Crippen molar-refractivity contribution in [3.8, 4) is 11.5 Å². The number of phenolic OH excluding ortho intramolecular Hbond substituents is 1. The van der Waals surface area contributed by atoms with Crippen LogP contribution in [0, 0.1) is 13.8 Å². The summed E-state index contributed by atoms with van der Waals surface area (Å²) in [5.74, 6) is 0.183. The quantitative estimate of drug-likeness (QED) is 0.560. The molecule has 1 aliphatic heterocycles. The zero-order chi connectivity index (χ0) is 21.1. The van der Waals surface area contributed by atoms with Gasteiger partial charge in [-0.3, -0.25) is 4.79 Å². The summed E-state index contributed by atoms with van der Waals surface area (Å²) in [5.41, 5.74) is 4.84. The summed E-state index contributed by atoms with van der Waals surface area (Å²) >= 11 is 5.30. The molecule has 0 saturated heterocycles. The van der Waals surface area contributed by atoms with E-state index in [0.29, 0.717) is 28.7 Å². The molecule has 2 aromatic rings. The van der Waals surface area contributed by atoms with Crippen LogP contribution in [-0.2, 0) is 4.79 Å². The minimum absolute atomic E-state index is 0.0500. The Labute approximate surface area is 176 Å². The first-order chi connectivity index (χ1) is 13.8. The second-order valence-electron chi connectivity index (χ2n) is 7.06. The van der Waals surface area contributed by atoms with Crippen molar-refractivity contribution in [3.63, 3.8) is 0 Å². The van der Waals surface area contributed by atoms with Crippen LogP contribution < -0.4 is 20.7 Å². The molecule has 4 N–H and O–H groups in total. The Morgan fingerprint density at radius 1 is 1.17 bits per heavy atom. The number of rotatable bonds is 5. The molecule has 7 heteroatoms. The van der Waals surface area contributed by atoms with E-state index in [-0.39, 0.29) is 11.7 Å².